The van der Waals surface area contributed by atoms with E-state index in [1.54, 1.807) is 12.4 Å². The molecule has 0 unspecified atom stereocenters. The molecule has 2 N–H and O–H groups in total. The first-order valence-electron chi connectivity index (χ1n) is 11.2. The third-order valence-electron chi connectivity index (χ3n) is 6.46. The number of pyridine rings is 1. The number of hydrogen-bond acceptors (Lipinski definition) is 3. The first kappa shape index (κ1) is 21.8. The fourth-order valence-corrected chi connectivity index (χ4v) is 4.68. The summed E-state index contributed by atoms with van der Waals surface area (Å²) < 4.78 is 0. The van der Waals surface area contributed by atoms with Crippen LogP contribution in [0.15, 0.2) is 79.1 Å². The number of likely N-dealkylation sites (tertiary alicyclic amines) is 1. The maximum Gasteiger partial charge on any atom is 0.225 e. The Hall–Kier alpha value is -3.47. The predicted octanol–water partition coefficient (Wildman–Crippen LogP) is 4.02. The number of benzene rings is 2. The molecule has 2 amide bonds. The summed E-state index contributed by atoms with van der Waals surface area (Å²) in [6.07, 6.45) is 6.65. The zero-order chi connectivity index (χ0) is 22.4. The van der Waals surface area contributed by atoms with Crippen LogP contribution in [-0.2, 0) is 22.4 Å². The van der Waals surface area contributed by atoms with E-state index in [2.05, 4.69) is 17.1 Å². The lowest BCUT2D eigenvalue weighted by Gasteiger charge is -2.41. The maximum atomic E-state index is 13.0. The number of carbonyl (C=O) groups excluding carboxylic acids is 2. The topological polar surface area (TPSA) is 76.3 Å². The van der Waals surface area contributed by atoms with Crippen LogP contribution < -0.4 is 5.73 Å². The highest BCUT2D eigenvalue weighted by Gasteiger charge is 2.42. The van der Waals surface area contributed by atoms with Gasteiger partial charge in [-0.3, -0.25) is 14.6 Å². The largest absolute Gasteiger partial charge is 0.369 e. The molecule has 1 atom stereocenters. The molecule has 0 saturated carbocycles. The summed E-state index contributed by atoms with van der Waals surface area (Å²) in [7, 11) is 0. The van der Waals surface area contributed by atoms with Crippen LogP contribution in [0.3, 0.4) is 0 Å². The highest BCUT2D eigenvalue weighted by molar-refractivity contribution is 5.84. The van der Waals surface area contributed by atoms with Crippen LogP contribution >= 0.6 is 0 Å². The standard InChI is InChI=1S/C27H29N3O2/c28-26(32)27(19-23-9-4-5-10-24(23)22-13-16-29-17-14-22)15-6-18-30(20-27)25(31)12-11-21-7-2-1-3-8-21/h1-5,7-10,13-14,16-17H,6,11-12,15,18-20H2,(H2,28,32)/t27-/m1/s1. The molecule has 1 saturated heterocycles. The summed E-state index contributed by atoms with van der Waals surface area (Å²) in [6, 6.07) is 22.0. The Morgan fingerprint density at radius 3 is 2.44 bits per heavy atom. The Bertz CT molecular complexity index is 1070. The first-order chi connectivity index (χ1) is 15.6. The average Bonchev–Trinajstić information content (AvgIpc) is 2.84. The molecule has 1 aromatic heterocycles. The van der Waals surface area contributed by atoms with Crippen molar-refractivity contribution in [2.75, 3.05) is 13.1 Å². The van der Waals surface area contributed by atoms with Gasteiger partial charge in [-0.2, -0.15) is 0 Å². The number of primary amides is 1. The molecule has 2 aromatic carbocycles. The SMILES string of the molecule is NC(=O)[C@@]1(Cc2ccccc2-c2ccncc2)CCCN(C(=O)CCc2ccccc2)C1. The van der Waals surface area contributed by atoms with E-state index in [4.69, 9.17) is 5.73 Å². The van der Waals surface area contributed by atoms with Gasteiger partial charge in [0, 0.05) is 31.9 Å². The van der Waals surface area contributed by atoms with Crippen LogP contribution in [0, 0.1) is 5.41 Å². The van der Waals surface area contributed by atoms with Crippen LogP contribution in [0.1, 0.15) is 30.4 Å². The van der Waals surface area contributed by atoms with E-state index in [1.807, 2.05) is 59.5 Å². The summed E-state index contributed by atoms with van der Waals surface area (Å²) in [5.74, 6) is -0.246. The second kappa shape index (κ2) is 9.77. The number of aromatic nitrogens is 1. The minimum absolute atomic E-state index is 0.0848. The Balaban J connectivity index is 1.53. The molecule has 1 aliphatic rings. The van der Waals surface area contributed by atoms with Crippen molar-refractivity contribution in [2.24, 2.45) is 11.1 Å². The van der Waals surface area contributed by atoms with Gasteiger partial charge in [0.2, 0.25) is 11.8 Å². The Kier molecular flexibility index (Phi) is 6.64. The summed E-state index contributed by atoms with van der Waals surface area (Å²) in [6.45, 7) is 1.05. The van der Waals surface area contributed by atoms with E-state index in [0.29, 0.717) is 38.8 Å². The van der Waals surface area contributed by atoms with E-state index in [1.165, 1.54) is 0 Å². The molecule has 1 fully saturated rings. The molecule has 1 aliphatic heterocycles. The van der Waals surface area contributed by atoms with E-state index >= 15 is 0 Å². The number of nitrogens with two attached hydrogens (primary N) is 1. The molecular weight excluding hydrogens is 398 g/mol. The smallest absolute Gasteiger partial charge is 0.225 e. The molecular formula is C27H29N3O2. The van der Waals surface area contributed by atoms with Crippen LogP contribution in [0.25, 0.3) is 11.1 Å². The number of amides is 2. The number of carbonyl (C=O) groups is 2. The van der Waals surface area contributed by atoms with Crippen molar-refractivity contribution in [1.82, 2.24) is 9.88 Å². The number of hydrogen-bond donors (Lipinski definition) is 1. The van der Waals surface area contributed by atoms with Crippen molar-refractivity contribution in [3.8, 4) is 11.1 Å². The lowest BCUT2D eigenvalue weighted by molar-refractivity contribution is -0.139. The van der Waals surface area contributed by atoms with E-state index in [-0.39, 0.29) is 11.8 Å². The molecule has 4 rings (SSSR count). The van der Waals surface area contributed by atoms with Crippen molar-refractivity contribution in [3.05, 3.63) is 90.3 Å². The monoisotopic (exact) mass is 427 g/mol. The molecule has 5 heteroatoms. The molecule has 3 aromatic rings. The lowest BCUT2D eigenvalue weighted by atomic mass is 9.73. The number of rotatable bonds is 7. The van der Waals surface area contributed by atoms with Gasteiger partial charge < -0.3 is 10.6 Å². The van der Waals surface area contributed by atoms with Crippen molar-refractivity contribution >= 4 is 11.8 Å². The second-order valence-electron chi connectivity index (χ2n) is 8.62. The summed E-state index contributed by atoms with van der Waals surface area (Å²) in [4.78, 5) is 31.7. The number of nitrogens with zero attached hydrogens (tertiary/aromatic N) is 2. The summed E-state index contributed by atoms with van der Waals surface area (Å²) in [5.41, 5.74) is 9.56. The highest BCUT2D eigenvalue weighted by atomic mass is 16.2. The minimum Gasteiger partial charge on any atom is -0.369 e. The zero-order valence-corrected chi connectivity index (χ0v) is 18.2. The van der Waals surface area contributed by atoms with E-state index in [0.717, 1.165) is 28.7 Å². The van der Waals surface area contributed by atoms with Crippen LogP contribution in [0.5, 0.6) is 0 Å². The third-order valence-corrected chi connectivity index (χ3v) is 6.46. The fourth-order valence-electron chi connectivity index (χ4n) is 4.68. The molecule has 0 bridgehead atoms. The summed E-state index contributed by atoms with van der Waals surface area (Å²) >= 11 is 0. The van der Waals surface area contributed by atoms with Crippen molar-refractivity contribution in [3.63, 3.8) is 0 Å². The third kappa shape index (κ3) is 4.88. The molecule has 0 aliphatic carbocycles. The number of aryl methyl sites for hydroxylation is 1. The van der Waals surface area contributed by atoms with Gasteiger partial charge in [0.25, 0.3) is 0 Å². The normalized spacial score (nSPS) is 18.3. The van der Waals surface area contributed by atoms with Gasteiger partial charge in [0.1, 0.15) is 0 Å². The first-order valence-corrected chi connectivity index (χ1v) is 11.2. The molecule has 164 valence electrons. The Morgan fingerprint density at radius 2 is 1.69 bits per heavy atom. The van der Waals surface area contributed by atoms with Crippen molar-refractivity contribution in [1.29, 1.82) is 0 Å². The van der Waals surface area contributed by atoms with Crippen LogP contribution in [0.2, 0.25) is 0 Å². The Labute approximate surface area is 189 Å². The minimum atomic E-state index is -0.760. The average molecular weight is 428 g/mol. The molecule has 2 heterocycles. The van der Waals surface area contributed by atoms with Gasteiger partial charge in [0.15, 0.2) is 0 Å². The van der Waals surface area contributed by atoms with Crippen molar-refractivity contribution < 1.29 is 9.59 Å². The predicted molar refractivity (Wildman–Crippen MR) is 126 cm³/mol. The molecule has 0 radical (unpaired) electrons. The second-order valence-corrected chi connectivity index (χ2v) is 8.62. The van der Waals surface area contributed by atoms with Gasteiger partial charge in [-0.1, -0.05) is 54.6 Å². The van der Waals surface area contributed by atoms with Crippen molar-refractivity contribution in [2.45, 2.75) is 32.1 Å². The highest BCUT2D eigenvalue weighted by Crippen LogP contribution is 2.37. The van der Waals surface area contributed by atoms with Gasteiger partial charge in [-0.15, -0.1) is 0 Å². The van der Waals surface area contributed by atoms with Gasteiger partial charge in [-0.25, -0.2) is 0 Å². The van der Waals surface area contributed by atoms with Crippen LogP contribution in [-0.4, -0.2) is 34.8 Å². The van der Waals surface area contributed by atoms with Crippen LogP contribution in [0.4, 0.5) is 0 Å². The molecule has 0 spiro atoms. The number of piperidine rings is 1. The van der Waals surface area contributed by atoms with Gasteiger partial charge in [0.05, 0.1) is 5.41 Å². The lowest BCUT2D eigenvalue weighted by Crippen LogP contribution is -2.53. The van der Waals surface area contributed by atoms with E-state index in [9.17, 15) is 9.59 Å². The Morgan fingerprint density at radius 1 is 0.969 bits per heavy atom. The quantitative estimate of drug-likeness (QED) is 0.619. The molecule has 5 nitrogen and oxygen atoms in total. The van der Waals surface area contributed by atoms with Gasteiger partial charge in [-0.05, 0) is 60.1 Å². The zero-order valence-electron chi connectivity index (χ0n) is 18.2. The molecule has 32 heavy (non-hydrogen) atoms. The van der Waals surface area contributed by atoms with Gasteiger partial charge >= 0.3 is 0 Å². The van der Waals surface area contributed by atoms with E-state index < -0.39 is 5.41 Å². The maximum absolute atomic E-state index is 13.0. The fraction of sp³-hybridized carbons (Fsp3) is 0.296. The summed E-state index contributed by atoms with van der Waals surface area (Å²) in [5, 5.41) is 0.